The van der Waals surface area contributed by atoms with Crippen LogP contribution in [0, 0.1) is 5.82 Å². The fraction of sp³-hybridized carbons (Fsp3) is 0.231. The lowest BCUT2D eigenvalue weighted by atomic mass is 9.89. The van der Waals surface area contributed by atoms with Crippen LogP contribution in [0.25, 0.3) is 0 Å². The number of carbonyl (C=O) groups excluding carboxylic acids is 2. The van der Waals surface area contributed by atoms with Crippen LogP contribution in [-0.2, 0) is 5.66 Å². The summed E-state index contributed by atoms with van der Waals surface area (Å²) in [6, 6.07) is 20.5. The first kappa shape index (κ1) is 20.2. The fourth-order valence-electron chi connectivity index (χ4n) is 4.83. The van der Waals surface area contributed by atoms with Gasteiger partial charge in [-0.1, -0.05) is 30.3 Å². The summed E-state index contributed by atoms with van der Waals surface area (Å²) >= 11 is 0. The third kappa shape index (κ3) is 2.90. The van der Waals surface area contributed by atoms with Crippen molar-refractivity contribution in [2.24, 2.45) is 0 Å². The van der Waals surface area contributed by atoms with Crippen molar-refractivity contribution in [3.8, 4) is 5.75 Å². The van der Waals surface area contributed by atoms with Gasteiger partial charge >= 0.3 is 0 Å². The number of fused-ring (bicyclic) bond motifs is 3. The molecule has 2 aliphatic rings. The van der Waals surface area contributed by atoms with E-state index in [9.17, 15) is 14.0 Å². The van der Waals surface area contributed by atoms with E-state index in [1.807, 2.05) is 56.3 Å². The topological polar surface area (TPSA) is 49.9 Å². The fourth-order valence-corrected chi connectivity index (χ4v) is 4.83. The maximum atomic E-state index is 13.6. The highest BCUT2D eigenvalue weighted by Gasteiger charge is 2.59. The number of hydrogen-bond acceptors (Lipinski definition) is 3. The van der Waals surface area contributed by atoms with Gasteiger partial charge in [0.1, 0.15) is 11.6 Å². The quantitative estimate of drug-likeness (QED) is 0.616. The number of ether oxygens (including phenoxy) is 1. The predicted octanol–water partition coefficient (Wildman–Crippen LogP) is 4.43. The number of rotatable bonds is 4. The molecule has 162 valence electrons. The van der Waals surface area contributed by atoms with Crippen molar-refractivity contribution in [1.29, 1.82) is 0 Å². The van der Waals surface area contributed by atoms with Gasteiger partial charge < -0.3 is 14.5 Å². The Morgan fingerprint density at radius 1 is 0.969 bits per heavy atom. The van der Waals surface area contributed by atoms with Crippen LogP contribution in [0.3, 0.4) is 0 Å². The molecule has 0 saturated carbocycles. The molecule has 0 bridgehead atoms. The number of carbonyl (C=O) groups is 2. The van der Waals surface area contributed by atoms with Gasteiger partial charge in [0.15, 0.2) is 5.66 Å². The van der Waals surface area contributed by atoms with Crippen LogP contribution < -0.4 is 4.74 Å². The average molecular weight is 430 g/mol. The van der Waals surface area contributed by atoms with Gasteiger partial charge in [0, 0.05) is 35.3 Å². The van der Waals surface area contributed by atoms with Crippen molar-refractivity contribution in [3.63, 3.8) is 0 Å². The first-order chi connectivity index (χ1) is 15.4. The van der Waals surface area contributed by atoms with Crippen molar-refractivity contribution < 1.29 is 18.7 Å². The second-order valence-electron chi connectivity index (χ2n) is 8.33. The first-order valence-corrected chi connectivity index (χ1v) is 10.7. The zero-order valence-corrected chi connectivity index (χ0v) is 17.9. The molecule has 0 aromatic heterocycles. The van der Waals surface area contributed by atoms with E-state index in [1.54, 1.807) is 15.9 Å². The lowest BCUT2D eigenvalue weighted by Gasteiger charge is -2.40. The van der Waals surface area contributed by atoms with Crippen LogP contribution >= 0.6 is 0 Å². The van der Waals surface area contributed by atoms with E-state index >= 15 is 0 Å². The second-order valence-corrected chi connectivity index (χ2v) is 8.33. The van der Waals surface area contributed by atoms with Gasteiger partial charge in [-0.25, -0.2) is 4.39 Å². The average Bonchev–Trinajstić information content (AvgIpc) is 3.30. The van der Waals surface area contributed by atoms with Crippen molar-refractivity contribution in [1.82, 2.24) is 9.80 Å². The molecular weight excluding hydrogens is 407 g/mol. The molecule has 1 saturated heterocycles. The number of amides is 2. The van der Waals surface area contributed by atoms with Crippen molar-refractivity contribution >= 4 is 11.8 Å². The monoisotopic (exact) mass is 430 g/mol. The molecule has 2 aliphatic heterocycles. The van der Waals surface area contributed by atoms with E-state index in [2.05, 4.69) is 0 Å². The maximum absolute atomic E-state index is 13.6. The van der Waals surface area contributed by atoms with E-state index in [1.165, 1.54) is 24.3 Å². The maximum Gasteiger partial charge on any atom is 0.256 e. The van der Waals surface area contributed by atoms with Crippen LogP contribution in [0.2, 0.25) is 0 Å². The number of hydrogen-bond donors (Lipinski definition) is 0. The van der Waals surface area contributed by atoms with Gasteiger partial charge in [-0.15, -0.1) is 0 Å². The first-order valence-electron chi connectivity index (χ1n) is 10.7. The van der Waals surface area contributed by atoms with Crippen LogP contribution in [0.4, 0.5) is 4.39 Å². The second kappa shape index (κ2) is 7.48. The molecule has 6 heteroatoms. The molecule has 32 heavy (non-hydrogen) atoms. The molecular formula is C26H23FN2O3. The minimum Gasteiger partial charge on any atom is -0.491 e. The summed E-state index contributed by atoms with van der Waals surface area (Å²) in [5.74, 6) is -0.0304. The molecule has 2 amide bonds. The Bertz CT molecular complexity index is 1190. The third-order valence-electron chi connectivity index (χ3n) is 6.07. The Morgan fingerprint density at radius 2 is 1.66 bits per heavy atom. The highest BCUT2D eigenvalue weighted by molar-refractivity contribution is 6.03. The zero-order valence-electron chi connectivity index (χ0n) is 17.9. The smallest absolute Gasteiger partial charge is 0.256 e. The van der Waals surface area contributed by atoms with Gasteiger partial charge in [-0.05, 0) is 56.3 Å². The van der Waals surface area contributed by atoms with E-state index in [0.29, 0.717) is 24.2 Å². The largest absolute Gasteiger partial charge is 0.491 e. The highest BCUT2D eigenvalue weighted by atomic mass is 19.1. The van der Waals surface area contributed by atoms with Gasteiger partial charge in [0.2, 0.25) is 0 Å². The molecule has 5 rings (SSSR count). The summed E-state index contributed by atoms with van der Waals surface area (Å²) < 4.78 is 19.3. The summed E-state index contributed by atoms with van der Waals surface area (Å²) in [6.45, 7) is 4.70. The number of halogens is 1. The third-order valence-corrected chi connectivity index (χ3v) is 6.07. The van der Waals surface area contributed by atoms with Crippen LogP contribution in [0.1, 0.15) is 45.7 Å². The normalized spacial score (nSPS) is 19.3. The van der Waals surface area contributed by atoms with Crippen molar-refractivity contribution in [3.05, 3.63) is 101 Å². The molecule has 1 atom stereocenters. The summed E-state index contributed by atoms with van der Waals surface area (Å²) in [5.41, 5.74) is 1.49. The minimum absolute atomic E-state index is 0.0346. The van der Waals surface area contributed by atoms with E-state index in [4.69, 9.17) is 4.74 Å². The van der Waals surface area contributed by atoms with Gasteiger partial charge in [0.05, 0.1) is 6.10 Å². The molecule has 0 radical (unpaired) electrons. The molecule has 0 aliphatic carbocycles. The summed E-state index contributed by atoms with van der Waals surface area (Å²) in [4.78, 5) is 30.5. The highest BCUT2D eigenvalue weighted by Crippen LogP contribution is 2.50. The van der Waals surface area contributed by atoms with Crippen LogP contribution in [-0.4, -0.2) is 40.8 Å². The molecule has 1 unspecified atom stereocenters. The standard InChI is InChI=1S/C26H23FN2O3/c1-17(2)32-21-13-9-19(10-14-21)26-23-6-4-3-5-22(23)25(31)29(26)16-15-28(26)24(30)18-7-11-20(27)12-8-18/h3-14,17H,15-16H2,1-2H3. The summed E-state index contributed by atoms with van der Waals surface area (Å²) in [7, 11) is 0. The Morgan fingerprint density at radius 3 is 2.34 bits per heavy atom. The molecule has 3 aromatic carbocycles. The lowest BCUT2D eigenvalue weighted by Crippen LogP contribution is -2.51. The minimum atomic E-state index is -1.06. The van der Waals surface area contributed by atoms with E-state index in [-0.39, 0.29) is 17.9 Å². The molecule has 3 aromatic rings. The Hall–Kier alpha value is -3.67. The Kier molecular flexibility index (Phi) is 4.73. The number of nitrogens with zero attached hydrogens (tertiary/aromatic N) is 2. The SMILES string of the molecule is CC(C)Oc1ccc(C23c4ccccc4C(=O)N2CCN3C(=O)c2ccc(F)cc2)cc1. The molecule has 0 N–H and O–H groups in total. The Labute approximate surface area is 186 Å². The molecule has 2 heterocycles. The predicted molar refractivity (Wildman–Crippen MR) is 118 cm³/mol. The van der Waals surface area contributed by atoms with Crippen LogP contribution in [0.15, 0.2) is 72.8 Å². The zero-order chi connectivity index (χ0) is 22.5. The lowest BCUT2D eigenvalue weighted by molar-refractivity contribution is 0.0375. The summed E-state index contributed by atoms with van der Waals surface area (Å²) in [6.07, 6.45) is 0.0346. The van der Waals surface area contributed by atoms with E-state index in [0.717, 1.165) is 16.9 Å². The van der Waals surface area contributed by atoms with Gasteiger partial charge in [0.25, 0.3) is 11.8 Å². The molecule has 1 fully saturated rings. The Balaban J connectivity index is 1.68. The van der Waals surface area contributed by atoms with Gasteiger partial charge in [-0.3, -0.25) is 9.59 Å². The molecule has 5 nitrogen and oxygen atoms in total. The van der Waals surface area contributed by atoms with Crippen molar-refractivity contribution in [2.75, 3.05) is 13.1 Å². The van der Waals surface area contributed by atoms with E-state index < -0.39 is 11.5 Å². The van der Waals surface area contributed by atoms with Gasteiger partial charge in [-0.2, -0.15) is 0 Å². The number of benzene rings is 3. The summed E-state index contributed by atoms with van der Waals surface area (Å²) in [5, 5.41) is 0. The van der Waals surface area contributed by atoms with Crippen LogP contribution in [0.5, 0.6) is 5.75 Å². The van der Waals surface area contributed by atoms with Crippen molar-refractivity contribution in [2.45, 2.75) is 25.6 Å². The molecule has 0 spiro atoms.